The lowest BCUT2D eigenvalue weighted by Gasteiger charge is -2.34. The van der Waals surface area contributed by atoms with Crippen molar-refractivity contribution in [3.05, 3.63) is 65.7 Å². The third-order valence-electron chi connectivity index (χ3n) is 5.33. The predicted octanol–water partition coefficient (Wildman–Crippen LogP) is 6.36. The molecule has 3 rings (SSSR count). The first-order chi connectivity index (χ1) is 14.2. The van der Waals surface area contributed by atoms with Gasteiger partial charge in [-0.1, -0.05) is 61.2 Å². The number of carbonyl (C=O) groups excluding carboxylic acids is 1. The number of rotatable bonds is 7. The van der Waals surface area contributed by atoms with Gasteiger partial charge in [0.15, 0.2) is 0 Å². The van der Waals surface area contributed by atoms with Crippen molar-refractivity contribution < 1.29 is 9.53 Å². The van der Waals surface area contributed by atoms with Gasteiger partial charge in [0, 0.05) is 18.3 Å². The van der Waals surface area contributed by atoms with Gasteiger partial charge in [0.25, 0.3) is 0 Å². The van der Waals surface area contributed by atoms with Crippen LogP contribution in [0.2, 0.25) is 0 Å². The van der Waals surface area contributed by atoms with Crippen molar-refractivity contribution in [1.82, 2.24) is 4.90 Å². The summed E-state index contributed by atoms with van der Waals surface area (Å²) in [5.41, 5.74) is 3.15. The molecule has 154 valence electrons. The molecule has 1 aliphatic carbocycles. The number of hydrogen-bond acceptors (Lipinski definition) is 2. The minimum atomic E-state index is -0.0260. The van der Waals surface area contributed by atoms with Crippen molar-refractivity contribution in [2.75, 3.05) is 18.5 Å². The Kier molecular flexibility index (Phi) is 7.74. The summed E-state index contributed by atoms with van der Waals surface area (Å²) < 4.78 is 5.49. The van der Waals surface area contributed by atoms with E-state index in [1.54, 1.807) is 0 Å². The topological polar surface area (TPSA) is 41.6 Å². The number of carbonyl (C=O) groups is 1. The van der Waals surface area contributed by atoms with Crippen LogP contribution in [0.25, 0.3) is 6.08 Å². The summed E-state index contributed by atoms with van der Waals surface area (Å²) in [7, 11) is 0. The largest absolute Gasteiger partial charge is 0.494 e. The molecule has 0 atom stereocenters. The number of benzene rings is 2. The van der Waals surface area contributed by atoms with E-state index in [1.807, 2.05) is 54.3 Å². The quantitative estimate of drug-likeness (QED) is 0.596. The summed E-state index contributed by atoms with van der Waals surface area (Å²) in [6.45, 7) is 5.34. The summed E-state index contributed by atoms with van der Waals surface area (Å²) in [5, 5.41) is 3.08. The molecule has 1 fully saturated rings. The van der Waals surface area contributed by atoms with Crippen molar-refractivity contribution in [3.63, 3.8) is 0 Å². The Morgan fingerprint density at radius 3 is 2.41 bits per heavy atom. The normalized spacial score (nSPS) is 15.0. The van der Waals surface area contributed by atoms with Crippen LogP contribution in [0, 0.1) is 0 Å². The SMILES string of the molecule is CCOc1ccc(NC(=O)N(C/C(C)=C/c2ccccc2)C2CCCCC2)cc1. The first-order valence-corrected chi connectivity index (χ1v) is 10.7. The minimum Gasteiger partial charge on any atom is -0.494 e. The molecule has 0 saturated heterocycles. The highest BCUT2D eigenvalue weighted by Gasteiger charge is 2.25. The maximum Gasteiger partial charge on any atom is 0.322 e. The lowest BCUT2D eigenvalue weighted by atomic mass is 9.94. The Labute approximate surface area is 174 Å². The standard InChI is InChI=1S/C25H32N2O2/c1-3-29-24-16-14-22(15-17-24)26-25(28)27(23-12-8-5-9-13-23)19-20(2)18-21-10-6-4-7-11-21/h4,6-7,10-11,14-18,23H,3,5,8-9,12-13,19H2,1-2H3,(H,26,28)/b20-18+. The molecular weight excluding hydrogens is 360 g/mol. The highest BCUT2D eigenvalue weighted by atomic mass is 16.5. The Hall–Kier alpha value is -2.75. The fourth-order valence-corrected chi connectivity index (χ4v) is 3.90. The predicted molar refractivity (Wildman–Crippen MR) is 120 cm³/mol. The van der Waals surface area contributed by atoms with E-state index in [0.717, 1.165) is 24.3 Å². The maximum absolute atomic E-state index is 13.2. The number of ether oxygens (including phenoxy) is 1. The second-order valence-corrected chi connectivity index (χ2v) is 7.71. The van der Waals surface area contributed by atoms with Gasteiger partial charge in [-0.05, 0) is 56.5 Å². The zero-order valence-electron chi connectivity index (χ0n) is 17.6. The van der Waals surface area contributed by atoms with E-state index in [4.69, 9.17) is 4.74 Å². The number of hydrogen-bond donors (Lipinski definition) is 1. The second kappa shape index (κ2) is 10.7. The highest BCUT2D eigenvalue weighted by Crippen LogP contribution is 2.25. The van der Waals surface area contributed by atoms with E-state index < -0.39 is 0 Å². The van der Waals surface area contributed by atoms with Crippen molar-refractivity contribution >= 4 is 17.8 Å². The lowest BCUT2D eigenvalue weighted by molar-refractivity contribution is 0.174. The van der Waals surface area contributed by atoms with Crippen molar-refractivity contribution in [1.29, 1.82) is 0 Å². The third-order valence-corrected chi connectivity index (χ3v) is 5.33. The second-order valence-electron chi connectivity index (χ2n) is 7.71. The molecule has 0 aromatic heterocycles. The molecule has 0 heterocycles. The molecule has 1 N–H and O–H groups in total. The molecule has 2 aromatic carbocycles. The number of anilines is 1. The van der Waals surface area contributed by atoms with Gasteiger partial charge >= 0.3 is 6.03 Å². The van der Waals surface area contributed by atoms with E-state index in [-0.39, 0.29) is 6.03 Å². The van der Waals surface area contributed by atoms with E-state index in [9.17, 15) is 4.79 Å². The average molecular weight is 393 g/mol. The lowest BCUT2D eigenvalue weighted by Crippen LogP contribution is -2.44. The van der Waals surface area contributed by atoms with E-state index in [2.05, 4.69) is 30.4 Å². The Morgan fingerprint density at radius 1 is 1.07 bits per heavy atom. The van der Waals surface area contributed by atoms with Gasteiger partial charge in [0.2, 0.25) is 0 Å². The van der Waals surface area contributed by atoms with Crippen LogP contribution in [0.15, 0.2) is 60.2 Å². The first-order valence-electron chi connectivity index (χ1n) is 10.7. The van der Waals surface area contributed by atoms with Gasteiger partial charge in [0.1, 0.15) is 5.75 Å². The van der Waals surface area contributed by atoms with Crippen LogP contribution in [-0.2, 0) is 0 Å². The van der Waals surface area contributed by atoms with Crippen molar-refractivity contribution in [2.45, 2.75) is 52.0 Å². The molecule has 2 amide bonds. The van der Waals surface area contributed by atoms with Crippen LogP contribution in [0.1, 0.15) is 51.5 Å². The average Bonchev–Trinajstić information content (AvgIpc) is 2.75. The molecule has 0 radical (unpaired) electrons. The summed E-state index contributed by atoms with van der Waals surface area (Å²) in [6.07, 6.45) is 7.98. The molecule has 2 aromatic rings. The Bertz CT molecular complexity index is 793. The zero-order valence-corrected chi connectivity index (χ0v) is 17.6. The summed E-state index contributed by atoms with van der Waals surface area (Å²) in [4.78, 5) is 15.2. The van der Waals surface area contributed by atoms with Crippen LogP contribution >= 0.6 is 0 Å². The van der Waals surface area contributed by atoms with E-state index in [1.165, 1.54) is 30.4 Å². The Morgan fingerprint density at radius 2 is 1.76 bits per heavy atom. The molecule has 0 bridgehead atoms. The fraction of sp³-hybridized carbons (Fsp3) is 0.400. The number of nitrogens with zero attached hydrogens (tertiary/aromatic N) is 1. The van der Waals surface area contributed by atoms with Gasteiger partial charge in [-0.25, -0.2) is 4.79 Å². The van der Waals surface area contributed by atoms with Crippen LogP contribution in [0.5, 0.6) is 5.75 Å². The van der Waals surface area contributed by atoms with Crippen LogP contribution in [0.3, 0.4) is 0 Å². The minimum absolute atomic E-state index is 0.0260. The number of nitrogens with one attached hydrogen (secondary N) is 1. The monoisotopic (exact) mass is 392 g/mol. The van der Waals surface area contributed by atoms with Crippen molar-refractivity contribution in [3.8, 4) is 5.75 Å². The molecule has 0 aliphatic heterocycles. The van der Waals surface area contributed by atoms with Gasteiger partial charge in [-0.15, -0.1) is 0 Å². The highest BCUT2D eigenvalue weighted by molar-refractivity contribution is 5.89. The van der Waals surface area contributed by atoms with Gasteiger partial charge < -0.3 is 15.0 Å². The molecule has 4 nitrogen and oxygen atoms in total. The molecule has 1 aliphatic rings. The van der Waals surface area contributed by atoms with Crippen LogP contribution in [0.4, 0.5) is 10.5 Å². The van der Waals surface area contributed by atoms with Gasteiger partial charge in [-0.3, -0.25) is 0 Å². The number of amides is 2. The molecule has 0 spiro atoms. The molecule has 1 saturated carbocycles. The van der Waals surface area contributed by atoms with Gasteiger partial charge in [0.05, 0.1) is 6.61 Å². The van der Waals surface area contributed by atoms with Crippen molar-refractivity contribution in [2.24, 2.45) is 0 Å². The van der Waals surface area contributed by atoms with Gasteiger partial charge in [-0.2, -0.15) is 0 Å². The van der Waals surface area contributed by atoms with Crippen LogP contribution < -0.4 is 10.1 Å². The molecule has 0 unspecified atom stereocenters. The smallest absolute Gasteiger partial charge is 0.322 e. The van der Waals surface area contributed by atoms with E-state index >= 15 is 0 Å². The van der Waals surface area contributed by atoms with E-state index in [0.29, 0.717) is 19.2 Å². The zero-order chi connectivity index (χ0) is 20.5. The maximum atomic E-state index is 13.2. The molecule has 29 heavy (non-hydrogen) atoms. The summed E-state index contributed by atoms with van der Waals surface area (Å²) in [5.74, 6) is 0.816. The molecular formula is C25H32N2O2. The summed E-state index contributed by atoms with van der Waals surface area (Å²) in [6, 6.07) is 18.1. The third kappa shape index (κ3) is 6.38. The summed E-state index contributed by atoms with van der Waals surface area (Å²) >= 11 is 0. The number of urea groups is 1. The Balaban J connectivity index is 1.71. The van der Waals surface area contributed by atoms with Crippen LogP contribution in [-0.4, -0.2) is 30.1 Å². The fourth-order valence-electron chi connectivity index (χ4n) is 3.90. The molecule has 4 heteroatoms. The first kappa shape index (κ1) is 21.0.